The van der Waals surface area contributed by atoms with Crippen LogP contribution in [0.4, 0.5) is 5.82 Å². The second kappa shape index (κ2) is 12.4. The normalized spacial score (nSPS) is 13.3. The number of anilines is 1. The number of rotatable bonds is 13. The highest BCUT2D eigenvalue weighted by Gasteiger charge is 2.21. The Kier molecular flexibility index (Phi) is 8.83. The fourth-order valence-corrected chi connectivity index (χ4v) is 4.63. The maximum Gasteiger partial charge on any atom is 0.325 e. The monoisotopic (exact) mass is 522 g/mol. The van der Waals surface area contributed by atoms with Gasteiger partial charge in [0.1, 0.15) is 18.1 Å². The summed E-state index contributed by atoms with van der Waals surface area (Å²) in [5.41, 5.74) is 4.44. The zero-order valence-electron chi connectivity index (χ0n) is 21.8. The summed E-state index contributed by atoms with van der Waals surface area (Å²) < 4.78 is 12.9. The molecule has 0 radical (unpaired) electrons. The summed E-state index contributed by atoms with van der Waals surface area (Å²) in [4.78, 5) is 27.8. The summed E-state index contributed by atoms with van der Waals surface area (Å²) in [7, 11) is 0. The minimum Gasteiger partial charge on any atom is -0.494 e. The summed E-state index contributed by atoms with van der Waals surface area (Å²) in [5.74, 6) is -0.394. The molecule has 10 heteroatoms. The number of carboxylic acid groups (broad SMARTS) is 2. The Hall–Kier alpha value is -4.08. The van der Waals surface area contributed by atoms with E-state index in [0.717, 1.165) is 42.0 Å². The van der Waals surface area contributed by atoms with Gasteiger partial charge < -0.3 is 25.0 Å². The molecule has 1 aliphatic rings. The predicted octanol–water partition coefficient (Wildman–Crippen LogP) is 3.85. The molecule has 0 amide bonds. The van der Waals surface area contributed by atoms with Gasteiger partial charge in [-0.15, -0.1) is 0 Å². The maximum atomic E-state index is 11.7. The number of aryl methyl sites for hydroxylation is 2. The summed E-state index contributed by atoms with van der Waals surface area (Å²) in [6, 6.07) is 11.5. The van der Waals surface area contributed by atoms with E-state index in [4.69, 9.17) is 9.47 Å². The zero-order chi connectivity index (χ0) is 27.1. The van der Waals surface area contributed by atoms with Crippen molar-refractivity contribution in [3.05, 3.63) is 64.5 Å². The van der Waals surface area contributed by atoms with Gasteiger partial charge in [-0.2, -0.15) is 5.10 Å². The Morgan fingerprint density at radius 2 is 1.95 bits per heavy atom. The zero-order valence-corrected chi connectivity index (χ0v) is 21.8. The van der Waals surface area contributed by atoms with Crippen molar-refractivity contribution in [1.29, 1.82) is 0 Å². The Labute approximate surface area is 221 Å². The number of benzene rings is 1. The largest absolute Gasteiger partial charge is 0.494 e. The van der Waals surface area contributed by atoms with Crippen LogP contribution in [0.5, 0.6) is 11.6 Å². The molecule has 3 aromatic rings. The molecule has 1 aromatic carbocycles. The number of aliphatic carboxylic acids is 2. The molecule has 0 aliphatic carbocycles. The molecule has 202 valence electrons. The van der Waals surface area contributed by atoms with Gasteiger partial charge in [0.2, 0.25) is 5.88 Å². The number of hydrogen-bond donors (Lipinski definition) is 3. The molecule has 0 bridgehead atoms. The number of pyridine rings is 1. The maximum absolute atomic E-state index is 11.7. The van der Waals surface area contributed by atoms with Gasteiger partial charge in [-0.1, -0.05) is 18.2 Å². The van der Waals surface area contributed by atoms with Crippen molar-refractivity contribution in [2.24, 2.45) is 0 Å². The Balaban J connectivity index is 1.49. The lowest BCUT2D eigenvalue weighted by molar-refractivity contribution is -0.138. The third kappa shape index (κ3) is 7.02. The minimum atomic E-state index is -1.05. The number of nitrogens with zero attached hydrogens (tertiary/aromatic N) is 3. The molecular formula is C28H34N4O6. The number of carbonyl (C=O) groups is 2. The molecule has 1 unspecified atom stereocenters. The lowest BCUT2D eigenvalue weighted by Crippen LogP contribution is -2.15. The average molecular weight is 523 g/mol. The fourth-order valence-electron chi connectivity index (χ4n) is 4.63. The van der Waals surface area contributed by atoms with E-state index >= 15 is 0 Å². The number of hydrogen-bond acceptors (Lipinski definition) is 7. The van der Waals surface area contributed by atoms with Crippen LogP contribution in [-0.2, 0) is 35.4 Å². The number of aromatic nitrogens is 3. The molecule has 0 spiro atoms. The fraction of sp³-hybridized carbons (Fsp3) is 0.429. The van der Waals surface area contributed by atoms with Crippen LogP contribution in [0, 0.1) is 6.92 Å². The first-order chi connectivity index (χ1) is 18.3. The van der Waals surface area contributed by atoms with Crippen molar-refractivity contribution in [2.45, 2.75) is 58.4 Å². The van der Waals surface area contributed by atoms with E-state index in [0.29, 0.717) is 43.4 Å². The van der Waals surface area contributed by atoms with Crippen LogP contribution < -0.4 is 14.8 Å². The average Bonchev–Trinajstić information content (AvgIpc) is 3.24. The minimum absolute atomic E-state index is 0.103. The van der Waals surface area contributed by atoms with Crippen molar-refractivity contribution in [1.82, 2.24) is 14.8 Å². The number of ether oxygens (including phenoxy) is 2. The van der Waals surface area contributed by atoms with Gasteiger partial charge in [0.05, 0.1) is 25.3 Å². The lowest BCUT2D eigenvalue weighted by Gasteiger charge is -2.17. The third-order valence-electron chi connectivity index (χ3n) is 6.50. The number of fused-ring (bicyclic) bond motifs is 1. The lowest BCUT2D eigenvalue weighted by atomic mass is 9.90. The van der Waals surface area contributed by atoms with E-state index in [9.17, 15) is 19.8 Å². The van der Waals surface area contributed by atoms with Gasteiger partial charge in [0.15, 0.2) is 0 Å². The van der Waals surface area contributed by atoms with Gasteiger partial charge in [-0.25, -0.2) is 9.67 Å². The quantitative estimate of drug-likeness (QED) is 0.306. The Morgan fingerprint density at radius 1 is 1.11 bits per heavy atom. The predicted molar refractivity (Wildman–Crippen MR) is 141 cm³/mol. The first-order valence-corrected chi connectivity index (χ1v) is 12.9. The van der Waals surface area contributed by atoms with E-state index in [1.54, 1.807) is 6.07 Å². The Bertz CT molecular complexity index is 1290. The highest BCUT2D eigenvalue weighted by Crippen LogP contribution is 2.30. The topological polar surface area (TPSA) is 136 Å². The van der Waals surface area contributed by atoms with E-state index in [1.165, 1.54) is 10.2 Å². The number of carboxylic acids is 2. The molecule has 10 nitrogen and oxygen atoms in total. The highest BCUT2D eigenvalue weighted by molar-refractivity contribution is 5.68. The van der Waals surface area contributed by atoms with Crippen LogP contribution in [0.15, 0.2) is 36.4 Å². The van der Waals surface area contributed by atoms with Crippen LogP contribution in [0.2, 0.25) is 0 Å². The molecular weight excluding hydrogens is 488 g/mol. The van der Waals surface area contributed by atoms with Gasteiger partial charge in [0.25, 0.3) is 0 Å². The number of nitrogens with one attached hydrogen (secondary N) is 1. The summed E-state index contributed by atoms with van der Waals surface area (Å²) in [5, 5.41) is 26.7. The summed E-state index contributed by atoms with van der Waals surface area (Å²) in [6.45, 7) is 5.19. The molecule has 0 saturated carbocycles. The van der Waals surface area contributed by atoms with Crippen molar-refractivity contribution in [3.63, 3.8) is 0 Å². The SMILES string of the molecule is CCOc1cc(C(CC(=O)O)Cc2cc(OCCc3ccc4c(n3)NCCC4)n(CC(=O)O)n2)ccc1C. The Morgan fingerprint density at radius 3 is 2.71 bits per heavy atom. The molecule has 0 fully saturated rings. The standard InChI is InChI=1S/C28H34N4O6/c1-3-37-24-14-20(7-6-18(24)2)21(15-26(33)34)13-23-16-25(32(31-23)17-27(35)36)38-12-10-22-9-8-19-5-4-11-29-28(19)30-22/h6-9,14,16,21H,3-5,10-13,15,17H2,1-2H3,(H,29,30)(H,33,34)(H,35,36). The van der Waals surface area contributed by atoms with E-state index < -0.39 is 11.9 Å². The van der Waals surface area contributed by atoms with Crippen molar-refractivity contribution in [2.75, 3.05) is 25.1 Å². The molecule has 3 heterocycles. The molecule has 0 saturated heterocycles. The van der Waals surface area contributed by atoms with Crippen LogP contribution >= 0.6 is 0 Å². The van der Waals surface area contributed by atoms with E-state index in [-0.39, 0.29) is 18.9 Å². The van der Waals surface area contributed by atoms with E-state index in [2.05, 4.69) is 21.5 Å². The van der Waals surface area contributed by atoms with Gasteiger partial charge >= 0.3 is 11.9 Å². The van der Waals surface area contributed by atoms with Gasteiger partial charge in [0, 0.05) is 30.6 Å². The molecule has 3 N–H and O–H groups in total. The molecule has 4 rings (SSSR count). The van der Waals surface area contributed by atoms with Crippen molar-refractivity contribution in [3.8, 4) is 11.6 Å². The van der Waals surface area contributed by atoms with Crippen molar-refractivity contribution < 1.29 is 29.3 Å². The van der Waals surface area contributed by atoms with Crippen LogP contribution in [0.1, 0.15) is 53.8 Å². The van der Waals surface area contributed by atoms with Gasteiger partial charge in [-0.3, -0.25) is 9.59 Å². The summed E-state index contributed by atoms with van der Waals surface area (Å²) >= 11 is 0. The second-order valence-electron chi connectivity index (χ2n) is 9.42. The van der Waals surface area contributed by atoms with E-state index in [1.807, 2.05) is 38.1 Å². The van der Waals surface area contributed by atoms with Gasteiger partial charge in [-0.05, 0) is 61.9 Å². The highest BCUT2D eigenvalue weighted by atomic mass is 16.5. The third-order valence-corrected chi connectivity index (χ3v) is 6.50. The molecule has 38 heavy (non-hydrogen) atoms. The van der Waals surface area contributed by atoms with Crippen LogP contribution in [0.3, 0.4) is 0 Å². The molecule has 2 aromatic heterocycles. The first kappa shape index (κ1) is 27.0. The smallest absolute Gasteiger partial charge is 0.325 e. The summed E-state index contributed by atoms with van der Waals surface area (Å²) in [6.07, 6.45) is 2.87. The second-order valence-corrected chi connectivity index (χ2v) is 9.42. The first-order valence-electron chi connectivity index (χ1n) is 12.9. The molecule has 1 atom stereocenters. The van der Waals surface area contributed by atoms with Crippen LogP contribution in [-0.4, -0.2) is 56.7 Å². The molecule has 1 aliphatic heterocycles. The van der Waals surface area contributed by atoms with Crippen molar-refractivity contribution >= 4 is 17.8 Å². The van der Waals surface area contributed by atoms with Crippen LogP contribution in [0.25, 0.3) is 0 Å².